The zero-order valence-electron chi connectivity index (χ0n) is 18.3. The molecular formula is C26H27N5O. The standard InChI is InChI=1S/C26H27N5O/c1-28-25-16-26(30-18-29-25)31-14-13-19(20-9-11-24(32-2)12-10-20)5-3-7-22(17-31)21-6-4-8-23(27)15-21/h3-6,8-13,15-18H,7,14,27H2,1-2H3,(H,28,29,30)/b5-3-,19-13+,22-17+. The van der Waals surface area contributed by atoms with Crippen LogP contribution in [0, 0.1) is 0 Å². The number of hydrogen-bond donors (Lipinski definition) is 2. The molecule has 0 spiro atoms. The Labute approximate surface area is 188 Å². The van der Waals surface area contributed by atoms with E-state index in [2.05, 4.69) is 62.8 Å². The molecule has 0 radical (unpaired) electrons. The van der Waals surface area contributed by atoms with Crippen LogP contribution in [-0.4, -0.2) is 30.7 Å². The van der Waals surface area contributed by atoms with E-state index in [4.69, 9.17) is 10.5 Å². The minimum atomic E-state index is 0.650. The molecule has 0 bridgehead atoms. The van der Waals surface area contributed by atoms with Crippen molar-refractivity contribution in [3.8, 4) is 5.75 Å². The van der Waals surface area contributed by atoms with E-state index in [1.54, 1.807) is 13.4 Å². The summed E-state index contributed by atoms with van der Waals surface area (Å²) in [5, 5.41) is 3.09. The Morgan fingerprint density at radius 3 is 2.62 bits per heavy atom. The summed E-state index contributed by atoms with van der Waals surface area (Å²) in [6.07, 6.45) is 11.1. The quantitative estimate of drug-likeness (QED) is 0.560. The van der Waals surface area contributed by atoms with Gasteiger partial charge in [0, 0.05) is 31.5 Å². The second-order valence-corrected chi connectivity index (χ2v) is 7.44. The van der Waals surface area contributed by atoms with Gasteiger partial charge in [-0.1, -0.05) is 42.5 Å². The second kappa shape index (κ2) is 9.83. The fourth-order valence-electron chi connectivity index (χ4n) is 3.60. The number of anilines is 3. The van der Waals surface area contributed by atoms with E-state index in [-0.39, 0.29) is 0 Å². The molecule has 1 aliphatic heterocycles. The lowest BCUT2D eigenvalue weighted by atomic mass is 10.0. The third-order valence-electron chi connectivity index (χ3n) is 5.34. The van der Waals surface area contributed by atoms with Gasteiger partial charge < -0.3 is 20.7 Å². The van der Waals surface area contributed by atoms with Crippen molar-refractivity contribution < 1.29 is 4.74 Å². The number of allylic oxidation sites excluding steroid dienone is 4. The van der Waals surface area contributed by atoms with Crippen molar-refractivity contribution in [2.75, 3.05) is 36.7 Å². The fourth-order valence-corrected chi connectivity index (χ4v) is 3.60. The molecule has 0 fully saturated rings. The number of hydrogen-bond acceptors (Lipinski definition) is 6. The molecule has 0 unspecified atom stereocenters. The number of methoxy groups -OCH3 is 1. The first-order chi connectivity index (χ1) is 15.7. The first-order valence-electron chi connectivity index (χ1n) is 10.5. The molecule has 162 valence electrons. The summed E-state index contributed by atoms with van der Waals surface area (Å²) >= 11 is 0. The predicted octanol–water partition coefficient (Wildman–Crippen LogP) is 5.00. The van der Waals surface area contributed by atoms with E-state index in [1.165, 1.54) is 0 Å². The molecule has 3 aromatic rings. The minimum absolute atomic E-state index is 0.650. The van der Waals surface area contributed by atoms with Gasteiger partial charge in [-0.3, -0.25) is 0 Å². The molecule has 32 heavy (non-hydrogen) atoms. The molecule has 2 aromatic carbocycles. The van der Waals surface area contributed by atoms with Gasteiger partial charge in [-0.25, -0.2) is 9.97 Å². The number of nitrogens with zero attached hydrogens (tertiary/aromatic N) is 3. The summed E-state index contributed by atoms with van der Waals surface area (Å²) in [6, 6.07) is 18.0. The third-order valence-corrected chi connectivity index (χ3v) is 5.34. The number of aromatic nitrogens is 2. The second-order valence-electron chi connectivity index (χ2n) is 7.44. The summed E-state index contributed by atoms with van der Waals surface area (Å²) in [5.74, 6) is 2.43. The molecule has 0 atom stereocenters. The van der Waals surface area contributed by atoms with Crippen molar-refractivity contribution >= 4 is 28.5 Å². The summed E-state index contributed by atoms with van der Waals surface area (Å²) in [4.78, 5) is 10.9. The Hall–Kier alpha value is -4.06. The van der Waals surface area contributed by atoms with Gasteiger partial charge in [-0.2, -0.15) is 0 Å². The highest BCUT2D eigenvalue weighted by atomic mass is 16.5. The molecule has 2 heterocycles. The smallest absolute Gasteiger partial charge is 0.138 e. The Morgan fingerprint density at radius 1 is 1.03 bits per heavy atom. The first-order valence-corrected chi connectivity index (χ1v) is 10.5. The van der Waals surface area contributed by atoms with E-state index < -0.39 is 0 Å². The van der Waals surface area contributed by atoms with Gasteiger partial charge in [0.05, 0.1) is 7.11 Å². The predicted molar refractivity (Wildman–Crippen MR) is 132 cm³/mol. The summed E-state index contributed by atoms with van der Waals surface area (Å²) in [7, 11) is 3.53. The Kier molecular flexibility index (Phi) is 6.51. The number of rotatable bonds is 5. The van der Waals surface area contributed by atoms with E-state index in [0.717, 1.165) is 51.8 Å². The van der Waals surface area contributed by atoms with Crippen molar-refractivity contribution in [3.63, 3.8) is 0 Å². The highest BCUT2D eigenvalue weighted by Gasteiger charge is 2.12. The van der Waals surface area contributed by atoms with Crippen molar-refractivity contribution in [1.29, 1.82) is 0 Å². The van der Waals surface area contributed by atoms with Crippen LogP contribution in [0.5, 0.6) is 5.75 Å². The molecule has 0 amide bonds. The maximum atomic E-state index is 6.06. The van der Waals surface area contributed by atoms with Gasteiger partial charge in [0.1, 0.15) is 23.7 Å². The van der Waals surface area contributed by atoms with Crippen LogP contribution in [0.1, 0.15) is 17.5 Å². The topological polar surface area (TPSA) is 76.3 Å². The van der Waals surface area contributed by atoms with Crippen molar-refractivity contribution in [2.45, 2.75) is 6.42 Å². The normalized spacial score (nSPS) is 18.2. The first kappa shape index (κ1) is 21.2. The summed E-state index contributed by atoms with van der Waals surface area (Å²) in [6.45, 7) is 0.650. The van der Waals surface area contributed by atoms with Gasteiger partial charge in [0.15, 0.2) is 0 Å². The summed E-state index contributed by atoms with van der Waals surface area (Å²) < 4.78 is 5.31. The van der Waals surface area contributed by atoms with Crippen LogP contribution >= 0.6 is 0 Å². The highest BCUT2D eigenvalue weighted by Crippen LogP contribution is 2.28. The van der Waals surface area contributed by atoms with Crippen molar-refractivity contribution in [2.24, 2.45) is 0 Å². The maximum absolute atomic E-state index is 6.06. The zero-order valence-corrected chi connectivity index (χ0v) is 18.3. The Balaban J connectivity index is 1.75. The molecule has 0 saturated heterocycles. The van der Waals surface area contributed by atoms with Crippen molar-refractivity contribution in [1.82, 2.24) is 9.97 Å². The number of nitrogen functional groups attached to an aromatic ring is 1. The molecule has 1 aromatic heterocycles. The monoisotopic (exact) mass is 425 g/mol. The lowest BCUT2D eigenvalue weighted by Crippen LogP contribution is -2.18. The van der Waals surface area contributed by atoms with Gasteiger partial charge in [0.2, 0.25) is 0 Å². The molecule has 6 nitrogen and oxygen atoms in total. The molecule has 6 heteroatoms. The minimum Gasteiger partial charge on any atom is -0.497 e. The van der Waals surface area contributed by atoms with Gasteiger partial charge in [0.25, 0.3) is 0 Å². The van der Waals surface area contributed by atoms with E-state index in [1.807, 2.05) is 43.4 Å². The Bertz CT molecular complexity index is 1160. The average Bonchev–Trinajstić information content (AvgIpc) is 2.95. The van der Waals surface area contributed by atoms with Crippen LogP contribution in [0.25, 0.3) is 11.1 Å². The van der Waals surface area contributed by atoms with Gasteiger partial charge in [-0.15, -0.1) is 0 Å². The van der Waals surface area contributed by atoms with Crippen LogP contribution in [0.3, 0.4) is 0 Å². The average molecular weight is 426 g/mol. The fraction of sp³-hybridized carbons (Fsp3) is 0.154. The highest BCUT2D eigenvalue weighted by molar-refractivity contribution is 5.78. The number of ether oxygens (including phenoxy) is 1. The molecular weight excluding hydrogens is 398 g/mol. The van der Waals surface area contributed by atoms with Crippen LogP contribution in [0.4, 0.5) is 17.3 Å². The number of benzene rings is 2. The van der Waals surface area contributed by atoms with Crippen LogP contribution in [0.2, 0.25) is 0 Å². The molecule has 0 aliphatic carbocycles. The lowest BCUT2D eigenvalue weighted by Gasteiger charge is -2.20. The zero-order chi connectivity index (χ0) is 22.3. The Morgan fingerprint density at radius 2 is 1.88 bits per heavy atom. The molecule has 1 aliphatic rings. The van der Waals surface area contributed by atoms with E-state index >= 15 is 0 Å². The third kappa shape index (κ3) is 4.98. The van der Waals surface area contributed by atoms with Crippen molar-refractivity contribution in [3.05, 3.63) is 96.5 Å². The molecule has 3 N–H and O–H groups in total. The van der Waals surface area contributed by atoms with Gasteiger partial charge in [-0.05, 0) is 53.0 Å². The largest absolute Gasteiger partial charge is 0.497 e. The maximum Gasteiger partial charge on any atom is 0.138 e. The summed E-state index contributed by atoms with van der Waals surface area (Å²) in [5.41, 5.74) is 11.3. The lowest BCUT2D eigenvalue weighted by molar-refractivity contribution is 0.415. The van der Waals surface area contributed by atoms with E-state index in [0.29, 0.717) is 6.54 Å². The van der Waals surface area contributed by atoms with Crippen LogP contribution in [0.15, 0.2) is 85.4 Å². The molecule has 0 saturated carbocycles. The van der Waals surface area contributed by atoms with Gasteiger partial charge >= 0.3 is 0 Å². The number of nitrogens with two attached hydrogens (primary N) is 1. The molecule has 4 rings (SSSR count). The van der Waals surface area contributed by atoms with Crippen LogP contribution in [-0.2, 0) is 0 Å². The SMILES string of the molecule is CNc1cc(N2/C=C(/c3cccc(N)c3)C/C=C\C(c3ccc(OC)cc3)=C/C2)ncn1. The van der Waals surface area contributed by atoms with E-state index in [9.17, 15) is 0 Å². The van der Waals surface area contributed by atoms with Crippen LogP contribution < -0.4 is 20.7 Å². The number of nitrogens with one attached hydrogen (secondary N) is 1.